The number of carbonyl (C=O) groups excluding carboxylic acids is 1. The Morgan fingerprint density at radius 3 is 2.40 bits per heavy atom. The van der Waals surface area contributed by atoms with E-state index in [1.807, 2.05) is 0 Å². The number of carbonyl (C=O) groups is 1. The molecule has 1 N–H and O–H groups in total. The van der Waals surface area contributed by atoms with Crippen LogP contribution in [0.4, 0.5) is 18.9 Å². The molecule has 0 atom stereocenters. The van der Waals surface area contributed by atoms with Crippen LogP contribution in [0.25, 0.3) is 5.69 Å². The molecule has 0 saturated carbocycles. The minimum atomic E-state index is -5.05. The monoisotopic (exact) mass is 358 g/mol. The van der Waals surface area contributed by atoms with Gasteiger partial charge in [0.2, 0.25) is 0 Å². The predicted molar refractivity (Wildman–Crippen MR) is 80.4 cm³/mol. The molecular weight excluding hydrogens is 345 g/mol. The van der Waals surface area contributed by atoms with E-state index in [1.54, 1.807) is 35.6 Å². The summed E-state index contributed by atoms with van der Waals surface area (Å²) in [5.74, 6) is -2.15. The van der Waals surface area contributed by atoms with Crippen molar-refractivity contribution in [3.8, 4) is 5.69 Å². The second-order valence-corrected chi connectivity index (χ2v) is 5.03. The van der Waals surface area contributed by atoms with Gasteiger partial charge in [-0.1, -0.05) is 18.2 Å². The van der Waals surface area contributed by atoms with E-state index in [-0.39, 0.29) is 12.1 Å². The number of aromatic nitrogens is 2. The average Bonchev–Trinajstić information content (AvgIpc) is 2.78. The highest BCUT2D eigenvalue weighted by molar-refractivity contribution is 5.81. The third kappa shape index (κ3) is 3.70. The molecule has 0 aliphatic carbocycles. The fourth-order valence-corrected chi connectivity index (χ4v) is 2.35. The van der Waals surface area contributed by atoms with Crippen LogP contribution in [0.2, 0.25) is 0 Å². The first-order chi connectivity index (χ1) is 11.6. The zero-order valence-electron chi connectivity index (χ0n) is 12.9. The number of benzene rings is 1. The van der Waals surface area contributed by atoms with Crippen molar-refractivity contribution in [1.82, 2.24) is 14.7 Å². The van der Waals surface area contributed by atoms with Crippen molar-refractivity contribution < 1.29 is 22.9 Å². The van der Waals surface area contributed by atoms with Crippen LogP contribution in [0, 0.1) is 10.1 Å². The number of hydrogen-bond acceptors (Lipinski definition) is 4. The summed E-state index contributed by atoms with van der Waals surface area (Å²) in [6, 6.07) is 8.06. The van der Waals surface area contributed by atoms with E-state index >= 15 is 0 Å². The summed E-state index contributed by atoms with van der Waals surface area (Å²) < 4.78 is 38.7. The number of hydrogen-bond donors (Lipinski definition) is 1. The largest absolute Gasteiger partial charge is 0.471 e. The molecule has 2 rings (SSSR count). The van der Waals surface area contributed by atoms with Gasteiger partial charge in [0.05, 0.1) is 10.6 Å². The van der Waals surface area contributed by atoms with Gasteiger partial charge in [-0.15, -0.1) is 0 Å². The lowest BCUT2D eigenvalue weighted by Crippen LogP contribution is -2.38. The Hall–Kier alpha value is -3.11. The Bertz CT molecular complexity index is 855. The molecule has 8 nitrogen and oxygen atoms in total. The Morgan fingerprint density at radius 2 is 1.88 bits per heavy atom. The molecule has 0 unspecified atom stereocenters. The van der Waals surface area contributed by atoms with Crippen LogP contribution in [-0.2, 0) is 18.3 Å². The van der Waals surface area contributed by atoms with Crippen LogP contribution in [-0.4, -0.2) is 32.9 Å². The maximum absolute atomic E-state index is 12.3. The van der Waals surface area contributed by atoms with E-state index in [0.717, 1.165) is 4.68 Å². The molecule has 0 fully saturated rings. The van der Waals surface area contributed by atoms with Crippen LogP contribution in [0.15, 0.2) is 35.1 Å². The third-order valence-electron chi connectivity index (χ3n) is 3.45. The van der Waals surface area contributed by atoms with Gasteiger partial charge < -0.3 is 5.32 Å². The van der Waals surface area contributed by atoms with Gasteiger partial charge in [-0.05, 0) is 12.1 Å². The normalized spacial score (nSPS) is 11.4. The van der Waals surface area contributed by atoms with Gasteiger partial charge in [-0.2, -0.15) is 13.2 Å². The first kappa shape index (κ1) is 18.2. The molecule has 1 amide bonds. The van der Waals surface area contributed by atoms with Crippen LogP contribution in [0.5, 0.6) is 0 Å². The van der Waals surface area contributed by atoms with Crippen LogP contribution in [0.1, 0.15) is 5.69 Å². The molecule has 0 aliphatic heterocycles. The fourth-order valence-electron chi connectivity index (χ4n) is 2.35. The Kier molecular flexibility index (Phi) is 4.95. The van der Waals surface area contributed by atoms with Gasteiger partial charge >= 0.3 is 23.3 Å². The van der Waals surface area contributed by atoms with Crippen molar-refractivity contribution >= 4 is 11.6 Å². The molecule has 2 aromatic rings. The van der Waals surface area contributed by atoms with E-state index in [1.165, 1.54) is 11.7 Å². The van der Waals surface area contributed by atoms with Crippen molar-refractivity contribution in [2.75, 3.05) is 6.54 Å². The summed E-state index contributed by atoms with van der Waals surface area (Å²) in [7, 11) is 1.38. The molecule has 0 saturated heterocycles. The average molecular weight is 358 g/mol. The highest BCUT2D eigenvalue weighted by Gasteiger charge is 2.38. The second kappa shape index (κ2) is 6.79. The smallest absolute Gasteiger partial charge is 0.348 e. The maximum Gasteiger partial charge on any atom is 0.471 e. The van der Waals surface area contributed by atoms with Crippen molar-refractivity contribution in [2.24, 2.45) is 7.05 Å². The SMILES string of the molecule is Cn1c(CCNC(=O)C(F)(F)F)c([N+](=O)[O-])c(=O)n1-c1ccccc1. The van der Waals surface area contributed by atoms with Gasteiger partial charge in [-0.25, -0.2) is 4.68 Å². The highest BCUT2D eigenvalue weighted by atomic mass is 19.4. The van der Waals surface area contributed by atoms with E-state index in [4.69, 9.17) is 0 Å². The van der Waals surface area contributed by atoms with Gasteiger partial charge in [0, 0.05) is 20.0 Å². The number of alkyl halides is 3. The second-order valence-electron chi connectivity index (χ2n) is 5.03. The number of rotatable bonds is 5. The molecule has 1 aromatic heterocycles. The van der Waals surface area contributed by atoms with Crippen molar-refractivity contribution in [3.05, 3.63) is 56.5 Å². The number of amides is 1. The van der Waals surface area contributed by atoms with E-state index in [2.05, 4.69) is 0 Å². The molecule has 1 aromatic carbocycles. The first-order valence-electron chi connectivity index (χ1n) is 7.00. The lowest BCUT2D eigenvalue weighted by molar-refractivity contribution is -0.386. The summed E-state index contributed by atoms with van der Waals surface area (Å²) in [6.07, 6.45) is -5.36. The molecule has 11 heteroatoms. The first-order valence-corrected chi connectivity index (χ1v) is 7.00. The fraction of sp³-hybridized carbons (Fsp3) is 0.286. The van der Waals surface area contributed by atoms with E-state index in [0.29, 0.717) is 5.69 Å². The molecule has 0 bridgehead atoms. The molecule has 25 heavy (non-hydrogen) atoms. The number of para-hydroxylation sites is 1. The summed E-state index contributed by atoms with van der Waals surface area (Å²) in [4.78, 5) is 33.5. The lowest BCUT2D eigenvalue weighted by atomic mass is 10.2. The van der Waals surface area contributed by atoms with Crippen molar-refractivity contribution in [2.45, 2.75) is 12.6 Å². The van der Waals surface area contributed by atoms with Crippen LogP contribution >= 0.6 is 0 Å². The Balaban J connectivity index is 2.37. The van der Waals surface area contributed by atoms with Crippen molar-refractivity contribution in [1.29, 1.82) is 0 Å². The minimum Gasteiger partial charge on any atom is -0.348 e. The third-order valence-corrected chi connectivity index (χ3v) is 3.45. The molecule has 0 spiro atoms. The van der Waals surface area contributed by atoms with Crippen LogP contribution in [0.3, 0.4) is 0 Å². The standard InChI is InChI=1S/C14H13F3N4O4/c1-19-10(7-8-18-13(23)14(15,16)17)11(21(24)25)12(22)20(19)9-5-3-2-4-6-9/h2-6H,7-8H2,1H3,(H,18,23). The predicted octanol–water partition coefficient (Wildman–Crippen LogP) is 1.31. The summed E-state index contributed by atoms with van der Waals surface area (Å²) >= 11 is 0. The summed E-state index contributed by atoms with van der Waals surface area (Å²) in [5, 5.41) is 12.8. The maximum atomic E-state index is 12.3. The van der Waals surface area contributed by atoms with Crippen LogP contribution < -0.4 is 10.9 Å². The number of halogens is 3. The summed E-state index contributed by atoms with van der Waals surface area (Å²) in [5.41, 5.74) is -1.38. The van der Waals surface area contributed by atoms with E-state index in [9.17, 15) is 32.9 Å². The molecule has 0 aliphatic rings. The van der Waals surface area contributed by atoms with E-state index < -0.39 is 34.8 Å². The van der Waals surface area contributed by atoms with Gasteiger partial charge in [0.1, 0.15) is 5.69 Å². The summed E-state index contributed by atoms with van der Waals surface area (Å²) in [6.45, 7) is -0.509. The zero-order chi connectivity index (χ0) is 18.8. The minimum absolute atomic E-state index is 0.0960. The number of nitrogens with zero attached hydrogens (tertiary/aromatic N) is 3. The Morgan fingerprint density at radius 1 is 1.28 bits per heavy atom. The molecular formula is C14H13F3N4O4. The number of nitrogens with one attached hydrogen (secondary N) is 1. The van der Waals surface area contributed by atoms with Gasteiger partial charge in [-0.3, -0.25) is 24.4 Å². The Labute approximate surface area is 138 Å². The number of nitro groups is 1. The highest BCUT2D eigenvalue weighted by Crippen LogP contribution is 2.18. The topological polar surface area (TPSA) is 99.2 Å². The quantitative estimate of drug-likeness (QED) is 0.643. The molecule has 134 valence electrons. The van der Waals surface area contributed by atoms with Crippen molar-refractivity contribution in [3.63, 3.8) is 0 Å². The zero-order valence-corrected chi connectivity index (χ0v) is 12.9. The molecule has 1 heterocycles. The van der Waals surface area contributed by atoms with Gasteiger partial charge in [0.25, 0.3) is 0 Å². The van der Waals surface area contributed by atoms with Gasteiger partial charge in [0.15, 0.2) is 0 Å². The molecule has 0 radical (unpaired) electrons. The lowest BCUT2D eigenvalue weighted by Gasteiger charge is -2.10.